The van der Waals surface area contributed by atoms with E-state index in [0.29, 0.717) is 31.0 Å². The Balaban J connectivity index is 1.55. The van der Waals surface area contributed by atoms with Crippen molar-refractivity contribution < 1.29 is 14.3 Å². The number of para-hydroxylation sites is 1. The molecule has 1 aromatic heterocycles. The van der Waals surface area contributed by atoms with Crippen LogP contribution < -0.4 is 0 Å². The van der Waals surface area contributed by atoms with E-state index >= 15 is 0 Å². The highest BCUT2D eigenvalue weighted by Gasteiger charge is 2.30. The number of H-pyrrole nitrogens is 1. The van der Waals surface area contributed by atoms with Gasteiger partial charge in [-0.05, 0) is 12.1 Å². The van der Waals surface area contributed by atoms with Crippen molar-refractivity contribution in [3.05, 3.63) is 71.9 Å². The highest BCUT2D eigenvalue weighted by molar-refractivity contribution is 5.99. The third-order valence-electron chi connectivity index (χ3n) is 4.77. The maximum absolute atomic E-state index is 13.0. The molecule has 1 amide bonds. The smallest absolute Gasteiger partial charge is 0.270 e. The number of hydrogen-bond donors (Lipinski definition) is 1. The molecule has 2 heterocycles. The summed E-state index contributed by atoms with van der Waals surface area (Å²) in [6, 6.07) is 18.6. The van der Waals surface area contributed by atoms with Gasteiger partial charge < -0.3 is 14.6 Å². The minimum atomic E-state index is -0.254. The molecule has 1 N–H and O–H groups in total. The number of carbonyl (C=O) groups excluding carboxylic acids is 2. The van der Waals surface area contributed by atoms with E-state index in [0.717, 1.165) is 10.9 Å². The second kappa shape index (κ2) is 7.14. The number of rotatable bonds is 4. The predicted molar refractivity (Wildman–Crippen MR) is 99.3 cm³/mol. The monoisotopic (exact) mass is 348 g/mol. The molecule has 1 saturated heterocycles. The molecule has 5 nitrogen and oxygen atoms in total. The van der Waals surface area contributed by atoms with Crippen molar-refractivity contribution in [3.8, 4) is 0 Å². The standard InChI is InChI=1S/C21H20N2O3/c24-20(15-6-2-1-3-7-15)13-17-14-26-11-10-23(17)21(25)19-12-16-8-4-5-9-18(16)22-19/h1-9,12,17,22H,10-11,13-14H2. The lowest BCUT2D eigenvalue weighted by atomic mass is 10.0. The normalized spacial score (nSPS) is 17.4. The molecule has 1 aliphatic heterocycles. The maximum Gasteiger partial charge on any atom is 0.270 e. The molecule has 5 heteroatoms. The Morgan fingerprint density at radius 1 is 1.08 bits per heavy atom. The Morgan fingerprint density at radius 3 is 2.65 bits per heavy atom. The quantitative estimate of drug-likeness (QED) is 0.736. The number of aromatic nitrogens is 1. The van der Waals surface area contributed by atoms with Crippen molar-refractivity contribution in [2.45, 2.75) is 12.5 Å². The number of ether oxygens (including phenoxy) is 1. The van der Waals surface area contributed by atoms with Crippen molar-refractivity contribution in [1.29, 1.82) is 0 Å². The summed E-state index contributed by atoms with van der Waals surface area (Å²) in [7, 11) is 0. The van der Waals surface area contributed by atoms with Crippen molar-refractivity contribution in [2.75, 3.05) is 19.8 Å². The van der Waals surface area contributed by atoms with Gasteiger partial charge in [0.15, 0.2) is 5.78 Å². The van der Waals surface area contributed by atoms with Crippen LogP contribution in [0.1, 0.15) is 27.3 Å². The lowest BCUT2D eigenvalue weighted by Gasteiger charge is -2.35. The molecule has 1 aliphatic rings. The fourth-order valence-electron chi connectivity index (χ4n) is 3.39. The Kier molecular flexibility index (Phi) is 4.54. The van der Waals surface area contributed by atoms with Gasteiger partial charge in [0.2, 0.25) is 0 Å². The summed E-state index contributed by atoms with van der Waals surface area (Å²) in [4.78, 5) is 30.5. The zero-order valence-electron chi connectivity index (χ0n) is 14.4. The van der Waals surface area contributed by atoms with Crippen molar-refractivity contribution >= 4 is 22.6 Å². The topological polar surface area (TPSA) is 62.4 Å². The van der Waals surface area contributed by atoms with E-state index in [4.69, 9.17) is 4.74 Å². The zero-order chi connectivity index (χ0) is 17.9. The first-order chi connectivity index (χ1) is 12.7. The number of hydrogen-bond acceptors (Lipinski definition) is 3. The summed E-state index contributed by atoms with van der Waals surface area (Å²) >= 11 is 0. The Labute approximate surface area is 151 Å². The van der Waals surface area contributed by atoms with Gasteiger partial charge in [-0.25, -0.2) is 0 Å². The third kappa shape index (κ3) is 3.26. The molecule has 0 spiro atoms. The average molecular weight is 348 g/mol. The minimum absolute atomic E-state index is 0.0237. The van der Waals surface area contributed by atoms with Crippen LogP contribution in [0.4, 0.5) is 0 Å². The van der Waals surface area contributed by atoms with Gasteiger partial charge in [-0.1, -0.05) is 48.5 Å². The van der Waals surface area contributed by atoms with Crippen LogP contribution in [0.15, 0.2) is 60.7 Å². The first-order valence-corrected chi connectivity index (χ1v) is 8.77. The van der Waals surface area contributed by atoms with Crippen molar-refractivity contribution in [2.24, 2.45) is 0 Å². The molecule has 1 unspecified atom stereocenters. The fraction of sp³-hybridized carbons (Fsp3) is 0.238. The van der Waals surface area contributed by atoms with Gasteiger partial charge in [0.25, 0.3) is 5.91 Å². The summed E-state index contributed by atoms with van der Waals surface area (Å²) in [5, 5.41) is 1.00. The van der Waals surface area contributed by atoms with E-state index in [1.807, 2.05) is 48.5 Å². The summed E-state index contributed by atoms with van der Waals surface area (Å²) in [6.45, 7) is 1.35. The van der Waals surface area contributed by atoms with Crippen LogP contribution in [0.5, 0.6) is 0 Å². The molecule has 132 valence electrons. The number of nitrogens with one attached hydrogen (secondary N) is 1. The molecule has 1 fully saturated rings. The van der Waals surface area contributed by atoms with E-state index < -0.39 is 0 Å². The number of fused-ring (bicyclic) bond motifs is 1. The molecule has 0 radical (unpaired) electrons. The molecule has 2 aromatic carbocycles. The first kappa shape index (κ1) is 16.5. The van der Waals surface area contributed by atoms with E-state index in [1.54, 1.807) is 17.0 Å². The second-order valence-electron chi connectivity index (χ2n) is 6.49. The molecule has 26 heavy (non-hydrogen) atoms. The van der Waals surface area contributed by atoms with E-state index in [9.17, 15) is 9.59 Å². The van der Waals surface area contributed by atoms with Gasteiger partial charge in [0.1, 0.15) is 5.69 Å². The van der Waals surface area contributed by atoms with Crippen LogP contribution in [0.2, 0.25) is 0 Å². The number of carbonyl (C=O) groups is 2. The van der Waals surface area contributed by atoms with Gasteiger partial charge in [0.05, 0.1) is 19.3 Å². The van der Waals surface area contributed by atoms with Crippen molar-refractivity contribution in [1.82, 2.24) is 9.88 Å². The SMILES string of the molecule is O=C(CC1COCCN1C(=O)c1cc2ccccc2[nH]1)c1ccccc1. The van der Waals surface area contributed by atoms with Crippen LogP contribution in [0.3, 0.4) is 0 Å². The lowest BCUT2D eigenvalue weighted by Crippen LogP contribution is -2.49. The Bertz CT molecular complexity index is 900. The Morgan fingerprint density at radius 2 is 1.85 bits per heavy atom. The molecule has 0 saturated carbocycles. The summed E-state index contributed by atoms with van der Waals surface area (Å²) in [5.41, 5.74) is 2.14. The average Bonchev–Trinajstić information content (AvgIpc) is 3.13. The van der Waals surface area contributed by atoms with Crippen molar-refractivity contribution in [3.63, 3.8) is 0 Å². The van der Waals surface area contributed by atoms with Gasteiger partial charge in [-0.3, -0.25) is 9.59 Å². The van der Waals surface area contributed by atoms with Crippen LogP contribution >= 0.6 is 0 Å². The summed E-state index contributed by atoms with van der Waals surface area (Å²) < 4.78 is 5.54. The lowest BCUT2D eigenvalue weighted by molar-refractivity contribution is -0.00306. The number of benzene rings is 2. The van der Waals surface area contributed by atoms with Crippen LogP contribution in [0, 0.1) is 0 Å². The Hall–Kier alpha value is -2.92. The first-order valence-electron chi connectivity index (χ1n) is 8.77. The van der Waals surface area contributed by atoms with Gasteiger partial charge in [0, 0.05) is 29.4 Å². The number of ketones is 1. The predicted octanol–water partition coefficient (Wildman–Crippen LogP) is 3.28. The molecule has 0 bridgehead atoms. The largest absolute Gasteiger partial charge is 0.377 e. The molecular formula is C21H20N2O3. The molecule has 1 atom stereocenters. The molecular weight excluding hydrogens is 328 g/mol. The van der Waals surface area contributed by atoms with Gasteiger partial charge in [-0.2, -0.15) is 0 Å². The van der Waals surface area contributed by atoms with Crippen LogP contribution in [0.25, 0.3) is 10.9 Å². The molecule has 4 rings (SSSR count). The molecule has 3 aromatic rings. The minimum Gasteiger partial charge on any atom is -0.377 e. The van der Waals surface area contributed by atoms with E-state index in [1.165, 1.54) is 0 Å². The number of amides is 1. The second-order valence-corrected chi connectivity index (χ2v) is 6.49. The zero-order valence-corrected chi connectivity index (χ0v) is 14.4. The van der Waals surface area contributed by atoms with Crippen LogP contribution in [-0.4, -0.2) is 47.4 Å². The highest BCUT2D eigenvalue weighted by Crippen LogP contribution is 2.20. The maximum atomic E-state index is 13.0. The van der Waals surface area contributed by atoms with Gasteiger partial charge in [-0.15, -0.1) is 0 Å². The number of aromatic amines is 1. The third-order valence-corrected chi connectivity index (χ3v) is 4.77. The van der Waals surface area contributed by atoms with Crippen LogP contribution in [-0.2, 0) is 4.74 Å². The summed E-state index contributed by atoms with van der Waals surface area (Å²) in [6.07, 6.45) is 0.260. The van der Waals surface area contributed by atoms with E-state index in [2.05, 4.69) is 4.98 Å². The molecule has 0 aliphatic carbocycles. The fourth-order valence-corrected chi connectivity index (χ4v) is 3.39. The van der Waals surface area contributed by atoms with Gasteiger partial charge >= 0.3 is 0 Å². The van der Waals surface area contributed by atoms with E-state index in [-0.39, 0.29) is 24.2 Å². The highest BCUT2D eigenvalue weighted by atomic mass is 16.5. The number of nitrogens with zero attached hydrogens (tertiary/aromatic N) is 1. The number of morpholine rings is 1. The number of Topliss-reactive ketones (excluding diaryl/α,β-unsaturated/α-hetero) is 1. The summed E-state index contributed by atoms with van der Waals surface area (Å²) in [5.74, 6) is -0.0640.